The van der Waals surface area contributed by atoms with E-state index in [1.54, 1.807) is 0 Å². The quantitative estimate of drug-likeness (QED) is 0.727. The number of carbonyl (C=O) groups is 2. The van der Waals surface area contributed by atoms with E-state index < -0.39 is 11.9 Å². The van der Waals surface area contributed by atoms with Crippen LogP contribution in [-0.4, -0.2) is 31.6 Å². The van der Waals surface area contributed by atoms with Crippen LogP contribution >= 0.6 is 0 Å². The maximum absolute atomic E-state index is 11.3. The molecule has 0 fully saturated rings. The minimum Gasteiger partial charge on any atom is -0.375 e. The van der Waals surface area contributed by atoms with Crippen LogP contribution in [-0.2, 0) is 20.7 Å². The average Bonchev–Trinajstić information content (AvgIpc) is 2.35. The number of carbonyl (C=O) groups excluding carboxylic acids is 2. The molecule has 1 atom stereocenters. The third-order valence-corrected chi connectivity index (χ3v) is 2.52. The van der Waals surface area contributed by atoms with Gasteiger partial charge in [0.25, 0.3) is 0 Å². The van der Waals surface area contributed by atoms with Gasteiger partial charge in [-0.1, -0.05) is 30.3 Å². The van der Waals surface area contributed by atoms with Crippen LogP contribution in [0.2, 0.25) is 0 Å². The Labute approximate surface area is 106 Å². The number of ether oxygens (including phenoxy) is 1. The Morgan fingerprint density at radius 1 is 1.33 bits per heavy atom. The van der Waals surface area contributed by atoms with Crippen molar-refractivity contribution in [3.05, 3.63) is 35.9 Å². The third kappa shape index (κ3) is 4.97. The predicted octanol–water partition coefficient (Wildman–Crippen LogP) is 0.236. The molecule has 0 saturated heterocycles. The van der Waals surface area contributed by atoms with Crippen molar-refractivity contribution in [3.63, 3.8) is 0 Å². The summed E-state index contributed by atoms with van der Waals surface area (Å²) in [5, 5.41) is 2.55. The lowest BCUT2D eigenvalue weighted by molar-refractivity contribution is -0.129. The average molecular weight is 250 g/mol. The standard InChI is InChI=1S/C13H18N2O3/c1-18-9-12(16)15-11(13(14)17)8-7-10-5-3-2-4-6-10/h2-6,11H,7-9H2,1H3,(H2,14,17)(H,15,16)/t11-/m1/s1. The van der Waals surface area contributed by atoms with Crippen LogP contribution in [0, 0.1) is 0 Å². The van der Waals surface area contributed by atoms with E-state index in [1.807, 2.05) is 30.3 Å². The molecule has 5 nitrogen and oxygen atoms in total. The molecule has 2 amide bonds. The number of methoxy groups -OCH3 is 1. The van der Waals surface area contributed by atoms with Crippen LogP contribution in [0.25, 0.3) is 0 Å². The normalized spacial score (nSPS) is 11.8. The van der Waals surface area contributed by atoms with E-state index >= 15 is 0 Å². The molecule has 0 unspecified atom stereocenters. The zero-order valence-corrected chi connectivity index (χ0v) is 10.4. The van der Waals surface area contributed by atoms with Gasteiger partial charge in [0.15, 0.2) is 0 Å². The molecule has 5 heteroatoms. The SMILES string of the molecule is COCC(=O)N[C@H](CCc1ccccc1)C(N)=O. The highest BCUT2D eigenvalue weighted by atomic mass is 16.5. The monoisotopic (exact) mass is 250 g/mol. The van der Waals surface area contributed by atoms with Gasteiger partial charge in [0.2, 0.25) is 11.8 Å². The number of amides is 2. The van der Waals surface area contributed by atoms with Crippen molar-refractivity contribution < 1.29 is 14.3 Å². The molecule has 1 aromatic rings. The third-order valence-electron chi connectivity index (χ3n) is 2.52. The summed E-state index contributed by atoms with van der Waals surface area (Å²) in [6.07, 6.45) is 1.16. The number of benzene rings is 1. The fourth-order valence-corrected chi connectivity index (χ4v) is 1.61. The van der Waals surface area contributed by atoms with Crippen molar-refractivity contribution in [2.24, 2.45) is 5.73 Å². The van der Waals surface area contributed by atoms with Gasteiger partial charge in [-0.25, -0.2) is 0 Å². The second kappa shape index (κ2) is 7.45. The van der Waals surface area contributed by atoms with Gasteiger partial charge >= 0.3 is 0 Å². The highest BCUT2D eigenvalue weighted by molar-refractivity contribution is 5.86. The number of rotatable bonds is 7. The molecule has 98 valence electrons. The van der Waals surface area contributed by atoms with Crippen molar-refractivity contribution in [1.29, 1.82) is 0 Å². The van der Waals surface area contributed by atoms with Crippen LogP contribution < -0.4 is 11.1 Å². The summed E-state index contributed by atoms with van der Waals surface area (Å²) in [4.78, 5) is 22.6. The Hall–Kier alpha value is -1.88. The summed E-state index contributed by atoms with van der Waals surface area (Å²) in [7, 11) is 1.42. The first-order chi connectivity index (χ1) is 8.63. The second-order valence-electron chi connectivity index (χ2n) is 3.98. The maximum Gasteiger partial charge on any atom is 0.246 e. The summed E-state index contributed by atoms with van der Waals surface area (Å²) in [5.74, 6) is -0.871. The molecule has 0 aliphatic carbocycles. The molecular weight excluding hydrogens is 232 g/mol. The number of primary amides is 1. The summed E-state index contributed by atoms with van der Waals surface area (Å²) in [5.41, 5.74) is 6.35. The van der Waals surface area contributed by atoms with Gasteiger partial charge in [-0.05, 0) is 18.4 Å². The molecule has 0 spiro atoms. The maximum atomic E-state index is 11.3. The Morgan fingerprint density at radius 2 is 2.00 bits per heavy atom. The van der Waals surface area contributed by atoms with Gasteiger partial charge in [0.1, 0.15) is 12.6 Å². The molecule has 18 heavy (non-hydrogen) atoms. The zero-order chi connectivity index (χ0) is 13.4. The molecular formula is C13H18N2O3. The van der Waals surface area contributed by atoms with E-state index in [9.17, 15) is 9.59 Å². The number of nitrogens with two attached hydrogens (primary N) is 1. The van der Waals surface area contributed by atoms with Gasteiger partial charge < -0.3 is 15.8 Å². The molecule has 0 heterocycles. The van der Waals surface area contributed by atoms with E-state index in [0.717, 1.165) is 5.56 Å². The second-order valence-corrected chi connectivity index (χ2v) is 3.98. The van der Waals surface area contributed by atoms with Crippen LogP contribution in [0.5, 0.6) is 0 Å². The molecule has 0 aliphatic heterocycles. The molecule has 0 bridgehead atoms. The highest BCUT2D eigenvalue weighted by Crippen LogP contribution is 2.05. The highest BCUT2D eigenvalue weighted by Gasteiger charge is 2.17. The summed E-state index contributed by atoms with van der Waals surface area (Å²) in [6.45, 7) is -0.0743. The fraction of sp³-hybridized carbons (Fsp3) is 0.385. The Kier molecular flexibility index (Phi) is 5.87. The molecule has 0 aromatic heterocycles. The summed E-state index contributed by atoms with van der Waals surface area (Å²) in [6, 6.07) is 9.06. The Bertz CT molecular complexity index is 392. The van der Waals surface area contributed by atoms with Crippen LogP contribution in [0.15, 0.2) is 30.3 Å². The fourth-order valence-electron chi connectivity index (χ4n) is 1.61. The van der Waals surface area contributed by atoms with E-state index in [4.69, 9.17) is 5.73 Å². The topological polar surface area (TPSA) is 81.4 Å². The van der Waals surface area contributed by atoms with Crippen LogP contribution in [0.1, 0.15) is 12.0 Å². The van der Waals surface area contributed by atoms with Gasteiger partial charge in [-0.3, -0.25) is 9.59 Å². The molecule has 1 rings (SSSR count). The van der Waals surface area contributed by atoms with E-state index in [-0.39, 0.29) is 12.5 Å². The first kappa shape index (κ1) is 14.2. The number of hydrogen-bond donors (Lipinski definition) is 2. The largest absolute Gasteiger partial charge is 0.375 e. The van der Waals surface area contributed by atoms with Crippen molar-refractivity contribution in [2.45, 2.75) is 18.9 Å². The Balaban J connectivity index is 2.48. The molecule has 0 radical (unpaired) electrons. The van der Waals surface area contributed by atoms with Gasteiger partial charge in [0, 0.05) is 7.11 Å². The molecule has 0 saturated carbocycles. The number of nitrogens with one attached hydrogen (secondary N) is 1. The lowest BCUT2D eigenvalue weighted by Crippen LogP contribution is -2.45. The Morgan fingerprint density at radius 3 is 2.56 bits per heavy atom. The van der Waals surface area contributed by atoms with Crippen molar-refractivity contribution in [3.8, 4) is 0 Å². The first-order valence-electron chi connectivity index (χ1n) is 5.75. The summed E-state index contributed by atoms with van der Waals surface area (Å²) < 4.78 is 4.68. The van der Waals surface area contributed by atoms with Crippen molar-refractivity contribution in [2.75, 3.05) is 13.7 Å². The summed E-state index contributed by atoms with van der Waals surface area (Å²) >= 11 is 0. The minimum absolute atomic E-state index is 0.0743. The van der Waals surface area contributed by atoms with Crippen molar-refractivity contribution >= 4 is 11.8 Å². The number of aryl methyl sites for hydroxylation is 1. The predicted molar refractivity (Wildman–Crippen MR) is 67.8 cm³/mol. The first-order valence-corrected chi connectivity index (χ1v) is 5.75. The van der Waals surface area contributed by atoms with Gasteiger partial charge in [-0.2, -0.15) is 0 Å². The van der Waals surface area contributed by atoms with Gasteiger partial charge in [0.05, 0.1) is 0 Å². The van der Waals surface area contributed by atoms with Crippen LogP contribution in [0.3, 0.4) is 0 Å². The molecule has 1 aromatic carbocycles. The lowest BCUT2D eigenvalue weighted by atomic mass is 10.0. The smallest absolute Gasteiger partial charge is 0.246 e. The molecule has 3 N–H and O–H groups in total. The number of hydrogen-bond acceptors (Lipinski definition) is 3. The van der Waals surface area contributed by atoms with E-state index in [2.05, 4.69) is 10.1 Å². The van der Waals surface area contributed by atoms with Crippen molar-refractivity contribution in [1.82, 2.24) is 5.32 Å². The minimum atomic E-state index is -0.659. The zero-order valence-electron chi connectivity index (χ0n) is 10.4. The molecule has 0 aliphatic rings. The van der Waals surface area contributed by atoms with E-state index in [1.165, 1.54) is 7.11 Å². The van der Waals surface area contributed by atoms with Gasteiger partial charge in [-0.15, -0.1) is 0 Å². The van der Waals surface area contributed by atoms with Crippen LogP contribution in [0.4, 0.5) is 0 Å². The lowest BCUT2D eigenvalue weighted by Gasteiger charge is -2.15. The van der Waals surface area contributed by atoms with E-state index in [0.29, 0.717) is 12.8 Å².